The third-order valence-electron chi connectivity index (χ3n) is 5.93. The van der Waals surface area contributed by atoms with E-state index >= 15 is 0 Å². The van der Waals surface area contributed by atoms with Crippen LogP contribution in [-0.4, -0.2) is 43.9 Å². The number of guanidine groups is 1. The summed E-state index contributed by atoms with van der Waals surface area (Å²) in [4.78, 5) is 7.10. The third-order valence-corrected chi connectivity index (χ3v) is 5.93. The van der Waals surface area contributed by atoms with Crippen LogP contribution in [0.4, 0.5) is 10.1 Å². The number of benzene rings is 2. The van der Waals surface area contributed by atoms with Crippen LogP contribution in [0.15, 0.2) is 47.5 Å². The Hall–Kier alpha value is -2.60. The van der Waals surface area contributed by atoms with Crippen molar-refractivity contribution in [1.29, 1.82) is 0 Å². The average molecular weight is 427 g/mol. The van der Waals surface area contributed by atoms with Gasteiger partial charge in [-0.1, -0.05) is 18.2 Å². The van der Waals surface area contributed by atoms with Crippen LogP contribution in [-0.2, 0) is 13.0 Å². The molecule has 0 bridgehead atoms. The van der Waals surface area contributed by atoms with Crippen LogP contribution < -0.4 is 15.5 Å². The van der Waals surface area contributed by atoms with Crippen molar-refractivity contribution < 1.29 is 9.50 Å². The van der Waals surface area contributed by atoms with E-state index in [9.17, 15) is 9.50 Å². The monoisotopic (exact) mass is 426 g/mol. The fraction of sp³-hybridized carbons (Fsp3) is 0.480. The highest BCUT2D eigenvalue weighted by molar-refractivity contribution is 5.79. The zero-order valence-corrected chi connectivity index (χ0v) is 18.7. The van der Waals surface area contributed by atoms with Crippen molar-refractivity contribution in [3.63, 3.8) is 0 Å². The van der Waals surface area contributed by atoms with E-state index in [1.807, 2.05) is 13.0 Å². The fourth-order valence-electron chi connectivity index (χ4n) is 3.95. The minimum absolute atomic E-state index is 0.190. The second-order valence-electron chi connectivity index (χ2n) is 8.22. The molecular formula is C25H35FN4O. The molecule has 0 spiro atoms. The molecule has 3 rings (SSSR count). The standard InChI is InChI=1S/C25H35FN4O/c1-3-27-25(28-13-10-22-6-7-23(26)16-19(22)2)29-17-20-4-8-24(9-5-20)30-14-11-21(18-31)12-15-30/h4-9,16,21,31H,3,10-15,17-18H2,1-2H3,(H2,27,28,29). The van der Waals surface area contributed by atoms with Gasteiger partial charge in [0.15, 0.2) is 5.96 Å². The summed E-state index contributed by atoms with van der Waals surface area (Å²) in [5.74, 6) is 1.05. The van der Waals surface area contributed by atoms with E-state index in [1.54, 1.807) is 6.07 Å². The zero-order chi connectivity index (χ0) is 22.1. The van der Waals surface area contributed by atoms with Crippen molar-refractivity contribution in [1.82, 2.24) is 10.6 Å². The van der Waals surface area contributed by atoms with E-state index in [4.69, 9.17) is 4.99 Å². The van der Waals surface area contributed by atoms with Crippen molar-refractivity contribution in [3.8, 4) is 0 Å². The molecule has 2 aromatic carbocycles. The van der Waals surface area contributed by atoms with Gasteiger partial charge >= 0.3 is 0 Å². The smallest absolute Gasteiger partial charge is 0.191 e. The second kappa shape index (κ2) is 11.7. The van der Waals surface area contributed by atoms with Gasteiger partial charge < -0.3 is 20.6 Å². The lowest BCUT2D eigenvalue weighted by atomic mass is 9.97. The van der Waals surface area contributed by atoms with Crippen LogP contribution in [0.3, 0.4) is 0 Å². The topological polar surface area (TPSA) is 59.9 Å². The molecule has 1 heterocycles. The van der Waals surface area contributed by atoms with Crippen LogP contribution in [0.1, 0.15) is 36.5 Å². The number of rotatable bonds is 8. The molecule has 1 saturated heterocycles. The van der Waals surface area contributed by atoms with Crippen molar-refractivity contribution in [2.75, 3.05) is 37.7 Å². The molecule has 0 unspecified atom stereocenters. The molecule has 0 radical (unpaired) electrons. The molecule has 0 atom stereocenters. The maximum Gasteiger partial charge on any atom is 0.191 e. The number of aliphatic hydroxyl groups is 1. The van der Waals surface area contributed by atoms with Gasteiger partial charge in [-0.05, 0) is 80.0 Å². The molecule has 1 fully saturated rings. The van der Waals surface area contributed by atoms with E-state index in [1.165, 1.54) is 17.3 Å². The Morgan fingerprint density at radius 1 is 1.13 bits per heavy atom. The number of anilines is 1. The number of piperidine rings is 1. The van der Waals surface area contributed by atoms with Crippen LogP contribution in [0.25, 0.3) is 0 Å². The Labute approximate surface area is 185 Å². The first-order valence-corrected chi connectivity index (χ1v) is 11.3. The molecule has 1 aliphatic rings. The van der Waals surface area contributed by atoms with Crippen LogP contribution >= 0.6 is 0 Å². The number of nitrogens with zero attached hydrogens (tertiary/aromatic N) is 2. The molecule has 0 amide bonds. The van der Waals surface area contributed by atoms with Crippen molar-refractivity contribution in [2.24, 2.45) is 10.9 Å². The summed E-state index contributed by atoms with van der Waals surface area (Å²) in [5, 5.41) is 16.0. The lowest BCUT2D eigenvalue weighted by Crippen LogP contribution is -2.38. The Morgan fingerprint density at radius 2 is 1.87 bits per heavy atom. The molecule has 5 nitrogen and oxygen atoms in total. The molecule has 1 aliphatic heterocycles. The minimum Gasteiger partial charge on any atom is -0.396 e. The normalized spacial score (nSPS) is 15.2. The van der Waals surface area contributed by atoms with Crippen LogP contribution in [0.5, 0.6) is 0 Å². The predicted molar refractivity (Wildman–Crippen MR) is 126 cm³/mol. The van der Waals surface area contributed by atoms with Gasteiger partial charge in [0.05, 0.1) is 6.54 Å². The molecule has 0 aromatic heterocycles. The fourth-order valence-corrected chi connectivity index (χ4v) is 3.95. The summed E-state index contributed by atoms with van der Waals surface area (Å²) in [6.07, 6.45) is 2.92. The number of hydrogen-bond donors (Lipinski definition) is 3. The van der Waals surface area contributed by atoms with Gasteiger partial charge in [0.25, 0.3) is 0 Å². The Morgan fingerprint density at radius 3 is 2.52 bits per heavy atom. The predicted octanol–water partition coefficient (Wildman–Crippen LogP) is 3.64. The molecular weight excluding hydrogens is 391 g/mol. The first-order chi connectivity index (χ1) is 15.1. The van der Waals surface area contributed by atoms with Gasteiger partial charge in [0.2, 0.25) is 0 Å². The van der Waals surface area contributed by atoms with E-state index in [0.717, 1.165) is 62.5 Å². The van der Waals surface area contributed by atoms with Crippen molar-refractivity contribution in [3.05, 3.63) is 65.0 Å². The number of aliphatic imine (C=N–C) groups is 1. The molecule has 2 aromatic rings. The SMILES string of the molecule is CCNC(=NCc1ccc(N2CCC(CO)CC2)cc1)NCCc1ccc(F)cc1C. The van der Waals surface area contributed by atoms with Gasteiger partial charge in [-0.15, -0.1) is 0 Å². The third kappa shape index (κ3) is 6.96. The van der Waals surface area contributed by atoms with Crippen molar-refractivity contribution >= 4 is 11.6 Å². The second-order valence-corrected chi connectivity index (χ2v) is 8.22. The van der Waals surface area contributed by atoms with Gasteiger partial charge in [0, 0.05) is 38.5 Å². The first kappa shape index (κ1) is 23.1. The lowest BCUT2D eigenvalue weighted by Gasteiger charge is -2.32. The number of aliphatic hydroxyl groups excluding tert-OH is 1. The summed E-state index contributed by atoms with van der Waals surface area (Å²) in [6, 6.07) is 13.6. The molecule has 0 saturated carbocycles. The van der Waals surface area contributed by atoms with Gasteiger partial charge in [0.1, 0.15) is 5.82 Å². The van der Waals surface area contributed by atoms with Gasteiger partial charge in [-0.3, -0.25) is 0 Å². The van der Waals surface area contributed by atoms with Crippen molar-refractivity contribution in [2.45, 2.75) is 39.7 Å². The quantitative estimate of drug-likeness (QED) is 0.446. The highest BCUT2D eigenvalue weighted by atomic mass is 19.1. The first-order valence-electron chi connectivity index (χ1n) is 11.3. The average Bonchev–Trinajstić information content (AvgIpc) is 2.79. The number of aryl methyl sites for hydroxylation is 1. The van der Waals surface area contributed by atoms with E-state index in [0.29, 0.717) is 19.1 Å². The highest BCUT2D eigenvalue weighted by Crippen LogP contribution is 2.23. The maximum atomic E-state index is 13.3. The Bertz CT molecular complexity index is 845. The van der Waals surface area contributed by atoms with Crippen LogP contribution in [0, 0.1) is 18.7 Å². The van der Waals surface area contributed by atoms with E-state index < -0.39 is 0 Å². The van der Waals surface area contributed by atoms with E-state index in [2.05, 4.69) is 46.7 Å². The molecule has 168 valence electrons. The maximum absolute atomic E-state index is 13.3. The summed E-state index contributed by atoms with van der Waals surface area (Å²) in [5.41, 5.74) is 4.53. The van der Waals surface area contributed by atoms with Gasteiger partial charge in [-0.25, -0.2) is 9.38 Å². The summed E-state index contributed by atoms with van der Waals surface area (Å²) < 4.78 is 13.3. The zero-order valence-electron chi connectivity index (χ0n) is 18.7. The largest absolute Gasteiger partial charge is 0.396 e. The number of halogens is 1. The summed E-state index contributed by atoms with van der Waals surface area (Å²) >= 11 is 0. The molecule has 31 heavy (non-hydrogen) atoms. The van der Waals surface area contributed by atoms with Gasteiger partial charge in [-0.2, -0.15) is 0 Å². The highest BCUT2D eigenvalue weighted by Gasteiger charge is 2.18. The lowest BCUT2D eigenvalue weighted by molar-refractivity contribution is 0.203. The summed E-state index contributed by atoms with van der Waals surface area (Å²) in [6.45, 7) is 8.45. The minimum atomic E-state index is -0.190. The molecule has 3 N–H and O–H groups in total. The van der Waals surface area contributed by atoms with E-state index in [-0.39, 0.29) is 5.82 Å². The Kier molecular flexibility index (Phi) is 8.71. The molecule has 6 heteroatoms. The Balaban J connectivity index is 1.51. The van der Waals surface area contributed by atoms with Crippen LogP contribution in [0.2, 0.25) is 0 Å². The number of hydrogen-bond acceptors (Lipinski definition) is 3. The summed E-state index contributed by atoms with van der Waals surface area (Å²) in [7, 11) is 0. The number of nitrogens with one attached hydrogen (secondary N) is 2. The molecule has 0 aliphatic carbocycles.